The minimum atomic E-state index is 1.12. The number of fused-ring (bicyclic) bond motifs is 17. The number of hydrogen-bond donors (Lipinski definition) is 0. The van der Waals surface area contributed by atoms with E-state index in [4.69, 9.17) is 0 Å². The fourth-order valence-corrected chi connectivity index (χ4v) is 11.7. The van der Waals surface area contributed by atoms with Gasteiger partial charge in [0.05, 0.1) is 44.5 Å². The van der Waals surface area contributed by atoms with Crippen LogP contribution in [-0.4, -0.2) is 8.80 Å². The third-order valence-corrected chi connectivity index (χ3v) is 14.2. The highest BCUT2D eigenvalue weighted by Gasteiger charge is 2.29. The third kappa shape index (κ3) is 4.66. The van der Waals surface area contributed by atoms with Gasteiger partial charge in [-0.25, -0.2) is 0 Å². The molecule has 0 unspecified atom stereocenters. The fraction of sp³-hybridized carbons (Fsp3) is 0. The molecule has 0 N–H and O–H groups in total. The molecule has 0 amide bonds. The maximum Gasteiger partial charge on any atom is 0.0789 e. The molecule has 0 atom stereocenters. The van der Waals surface area contributed by atoms with Crippen molar-refractivity contribution in [3.63, 3.8) is 0 Å². The maximum absolute atomic E-state index is 2.60. The van der Waals surface area contributed by atoms with Crippen LogP contribution in [0.5, 0.6) is 0 Å². The van der Waals surface area contributed by atoms with Crippen molar-refractivity contribution in [3.05, 3.63) is 231 Å². The standard InChI is InChI=1S/C62H38N4/c1-5-21-41(22-6-1)63(42-23-7-2-8-24-42)53-34-18-33-48-55-45-29-15-13-19-39(45)37-50-58-52(66(60(48)53)61(50)55)36-35-51-57(58)49-32-17-31-47-56-46-30-16-14-20-40(46)38-54(62(56)65(51)59(47)49)64(43-25-9-3-10-26-43)44-27-11-4-12-28-44/h1-38H. The highest BCUT2D eigenvalue weighted by atomic mass is 15.2. The van der Waals surface area contributed by atoms with Gasteiger partial charge in [0.2, 0.25) is 0 Å². The van der Waals surface area contributed by atoms with Crippen molar-refractivity contribution in [2.75, 3.05) is 9.80 Å². The molecule has 0 bridgehead atoms. The van der Waals surface area contributed by atoms with Crippen LogP contribution in [0.4, 0.5) is 34.1 Å². The second-order valence-corrected chi connectivity index (χ2v) is 17.6. The molecule has 0 fully saturated rings. The van der Waals surface area contributed by atoms with Crippen molar-refractivity contribution >= 4 is 132 Å². The lowest BCUT2D eigenvalue weighted by Gasteiger charge is -2.27. The molecule has 0 aliphatic rings. The van der Waals surface area contributed by atoms with Crippen LogP contribution in [0.15, 0.2) is 231 Å². The molecule has 0 radical (unpaired) electrons. The minimum Gasteiger partial charge on any atom is -0.308 e. The fourth-order valence-electron chi connectivity index (χ4n) is 11.7. The van der Waals surface area contributed by atoms with Crippen molar-refractivity contribution in [2.45, 2.75) is 0 Å². The van der Waals surface area contributed by atoms with E-state index in [1.165, 1.54) is 97.7 Å². The van der Waals surface area contributed by atoms with Gasteiger partial charge in [0.1, 0.15) is 0 Å². The van der Waals surface area contributed by atoms with E-state index in [0.29, 0.717) is 0 Å². The molecule has 306 valence electrons. The largest absolute Gasteiger partial charge is 0.308 e. The molecule has 0 aliphatic carbocycles. The molecule has 4 heteroatoms. The predicted octanol–water partition coefficient (Wildman–Crippen LogP) is 17.2. The molecule has 15 rings (SSSR count). The zero-order chi connectivity index (χ0) is 43.0. The summed E-state index contributed by atoms with van der Waals surface area (Å²) in [5.41, 5.74) is 14.1. The van der Waals surface area contributed by atoms with Crippen LogP contribution in [0.2, 0.25) is 0 Å². The highest BCUT2D eigenvalue weighted by molar-refractivity contribution is 6.40. The maximum atomic E-state index is 2.60. The molecule has 0 saturated carbocycles. The normalized spacial score (nSPS) is 12.2. The zero-order valence-electron chi connectivity index (χ0n) is 35.7. The molecule has 4 heterocycles. The van der Waals surface area contributed by atoms with Gasteiger partial charge in [0.15, 0.2) is 0 Å². The van der Waals surface area contributed by atoms with Gasteiger partial charge >= 0.3 is 0 Å². The van der Waals surface area contributed by atoms with E-state index in [1.807, 2.05) is 0 Å². The Morgan fingerprint density at radius 3 is 1.20 bits per heavy atom. The SMILES string of the molecule is c1ccc(N(c2ccccc2)c2cc3ccccc3c3c4cccc5c6c7c8cc9ccccc9c9c%10cccc(N(c%11ccccc%11)c%11ccccc%11)c%10n(c7ccc6n(c23)c54)c89)cc1. The monoisotopic (exact) mass is 838 g/mol. The summed E-state index contributed by atoms with van der Waals surface area (Å²) in [6.07, 6.45) is 0. The van der Waals surface area contributed by atoms with E-state index < -0.39 is 0 Å². The number of benzene rings is 11. The summed E-state index contributed by atoms with van der Waals surface area (Å²) in [6, 6.07) is 84.6. The van der Waals surface area contributed by atoms with Crippen molar-refractivity contribution in [1.82, 2.24) is 8.80 Å². The molecular weight excluding hydrogens is 801 g/mol. The molecule has 0 aliphatic heterocycles. The molecule has 66 heavy (non-hydrogen) atoms. The first kappa shape index (κ1) is 35.6. The van der Waals surface area contributed by atoms with Crippen molar-refractivity contribution < 1.29 is 0 Å². The molecular formula is C62H38N4. The Morgan fingerprint density at radius 2 is 0.636 bits per heavy atom. The molecule has 4 nitrogen and oxygen atoms in total. The Hall–Kier alpha value is -8.86. The van der Waals surface area contributed by atoms with Crippen LogP contribution in [0.3, 0.4) is 0 Å². The Kier molecular flexibility index (Phi) is 7.19. The molecule has 0 spiro atoms. The van der Waals surface area contributed by atoms with E-state index in [9.17, 15) is 0 Å². The summed E-state index contributed by atoms with van der Waals surface area (Å²) < 4.78 is 5.19. The predicted molar refractivity (Wildman–Crippen MR) is 280 cm³/mol. The molecule has 0 saturated heterocycles. The summed E-state index contributed by atoms with van der Waals surface area (Å²) in [7, 11) is 0. The van der Waals surface area contributed by atoms with Gasteiger partial charge in [-0.2, -0.15) is 0 Å². The summed E-state index contributed by atoms with van der Waals surface area (Å²) in [5, 5.41) is 15.2. The van der Waals surface area contributed by atoms with Gasteiger partial charge in [-0.05, 0) is 100 Å². The van der Waals surface area contributed by atoms with Crippen LogP contribution in [-0.2, 0) is 0 Å². The van der Waals surface area contributed by atoms with E-state index >= 15 is 0 Å². The average Bonchev–Trinajstić information content (AvgIpc) is 4.12. The second-order valence-electron chi connectivity index (χ2n) is 17.6. The summed E-state index contributed by atoms with van der Waals surface area (Å²) in [6.45, 7) is 0. The van der Waals surface area contributed by atoms with Crippen LogP contribution in [0.1, 0.15) is 0 Å². The van der Waals surface area contributed by atoms with Gasteiger partial charge < -0.3 is 18.6 Å². The van der Waals surface area contributed by atoms with E-state index in [2.05, 4.69) is 249 Å². The van der Waals surface area contributed by atoms with E-state index in [-0.39, 0.29) is 0 Å². The summed E-state index contributed by atoms with van der Waals surface area (Å²) >= 11 is 0. The quantitative estimate of drug-likeness (QED) is 0.166. The van der Waals surface area contributed by atoms with Gasteiger partial charge in [-0.3, -0.25) is 0 Å². The van der Waals surface area contributed by atoms with Crippen LogP contribution in [0.25, 0.3) is 97.7 Å². The number of hydrogen-bond acceptors (Lipinski definition) is 2. The number of rotatable bonds is 6. The molecule has 11 aromatic carbocycles. The first-order chi connectivity index (χ1) is 32.8. The van der Waals surface area contributed by atoms with E-state index in [0.717, 1.165) is 34.1 Å². The Morgan fingerprint density at radius 1 is 0.242 bits per heavy atom. The minimum absolute atomic E-state index is 1.12. The van der Waals surface area contributed by atoms with Crippen LogP contribution >= 0.6 is 0 Å². The Labute approximate surface area is 379 Å². The zero-order valence-corrected chi connectivity index (χ0v) is 35.7. The lowest BCUT2D eigenvalue weighted by Crippen LogP contribution is -2.11. The summed E-state index contributed by atoms with van der Waals surface area (Å²) in [4.78, 5) is 4.87. The number of anilines is 6. The second kappa shape index (κ2) is 13.3. The highest BCUT2D eigenvalue weighted by Crippen LogP contribution is 2.53. The van der Waals surface area contributed by atoms with Gasteiger partial charge in [-0.15, -0.1) is 0 Å². The first-order valence-corrected chi connectivity index (χ1v) is 22.8. The van der Waals surface area contributed by atoms with Crippen molar-refractivity contribution in [3.8, 4) is 0 Å². The van der Waals surface area contributed by atoms with Crippen molar-refractivity contribution in [1.29, 1.82) is 0 Å². The number of nitrogens with zero attached hydrogens (tertiary/aromatic N) is 4. The topological polar surface area (TPSA) is 15.3 Å². The van der Waals surface area contributed by atoms with Gasteiger partial charge in [0, 0.05) is 65.8 Å². The lowest BCUT2D eigenvalue weighted by atomic mass is 9.97. The van der Waals surface area contributed by atoms with E-state index in [1.54, 1.807) is 0 Å². The smallest absolute Gasteiger partial charge is 0.0789 e. The molecule has 15 aromatic rings. The van der Waals surface area contributed by atoms with Crippen LogP contribution in [0, 0.1) is 0 Å². The average molecular weight is 839 g/mol. The number of para-hydroxylation sites is 6. The lowest BCUT2D eigenvalue weighted by molar-refractivity contribution is 1.27. The first-order valence-electron chi connectivity index (χ1n) is 22.8. The van der Waals surface area contributed by atoms with Crippen LogP contribution < -0.4 is 9.80 Å². The summed E-state index contributed by atoms with van der Waals surface area (Å²) in [5.74, 6) is 0. The van der Waals surface area contributed by atoms with Gasteiger partial charge in [0.25, 0.3) is 0 Å². The number of aromatic nitrogens is 2. The van der Waals surface area contributed by atoms with Gasteiger partial charge in [-0.1, -0.05) is 152 Å². The van der Waals surface area contributed by atoms with Crippen molar-refractivity contribution in [2.24, 2.45) is 0 Å². The Bertz CT molecular complexity index is 4300. The third-order valence-electron chi connectivity index (χ3n) is 14.2. The Balaban J connectivity index is 1.14. The molecule has 4 aromatic heterocycles.